The number of nitrogens with zero attached hydrogens (tertiary/aromatic N) is 6. The normalized spacial score (nSPS) is 13.2. The molecule has 1 aliphatic rings. The molecule has 10 nitrogen and oxygen atoms in total. The zero-order valence-electron chi connectivity index (χ0n) is 21.5. The van der Waals surface area contributed by atoms with Crippen LogP contribution in [0, 0.1) is 6.92 Å². The maximum Gasteiger partial charge on any atom is 0.411 e. The number of carboxylic acid groups (broad SMARTS) is 1. The largest absolute Gasteiger partial charge is 0.465 e. The molecule has 4 rings (SSSR count). The van der Waals surface area contributed by atoms with Crippen LogP contribution in [0.4, 0.5) is 10.5 Å². The molecule has 196 valence electrons. The van der Waals surface area contributed by atoms with Gasteiger partial charge in [-0.2, -0.15) is 10.2 Å². The molecule has 1 fully saturated rings. The van der Waals surface area contributed by atoms with Gasteiger partial charge in [-0.3, -0.25) is 19.2 Å². The molecular formula is C27H34N6O4. The van der Waals surface area contributed by atoms with E-state index in [1.807, 2.05) is 37.1 Å². The van der Waals surface area contributed by atoms with Gasteiger partial charge in [0.05, 0.1) is 18.1 Å². The topological polar surface area (TPSA) is 114 Å². The summed E-state index contributed by atoms with van der Waals surface area (Å²) in [5, 5.41) is 18.6. The molecule has 0 unspecified atom stereocenters. The standard InChI is InChI=1S/C27H34N6O4/c1-3-12-32(27(36)37)24-9-6-8-21(20(24)2)17-23-25(34)11-16-33(29-23)22-18-28-31(19-22)15-7-10-26(35)30-13-4-5-14-30/h6,8-9,11,16,18-19H,3-5,7,10,12-15,17H2,1-2H3,(H,36,37). The van der Waals surface area contributed by atoms with Crippen LogP contribution in [0.1, 0.15) is 55.8 Å². The van der Waals surface area contributed by atoms with Crippen molar-refractivity contribution in [3.05, 3.63) is 69.9 Å². The highest BCUT2D eigenvalue weighted by Crippen LogP contribution is 2.25. The molecule has 0 aliphatic carbocycles. The Morgan fingerprint density at radius 2 is 1.95 bits per heavy atom. The molecule has 1 N–H and O–H groups in total. The summed E-state index contributed by atoms with van der Waals surface area (Å²) in [6, 6.07) is 6.97. The van der Waals surface area contributed by atoms with Gasteiger partial charge in [0, 0.05) is 51.3 Å². The molecule has 0 bridgehead atoms. The van der Waals surface area contributed by atoms with Crippen LogP contribution < -0.4 is 10.3 Å². The average Bonchev–Trinajstić information content (AvgIpc) is 3.58. The van der Waals surface area contributed by atoms with E-state index < -0.39 is 6.09 Å². The first-order chi connectivity index (χ1) is 17.9. The van der Waals surface area contributed by atoms with Gasteiger partial charge in [-0.15, -0.1) is 0 Å². The van der Waals surface area contributed by atoms with E-state index in [4.69, 9.17) is 0 Å². The third-order valence-corrected chi connectivity index (χ3v) is 6.74. The van der Waals surface area contributed by atoms with Crippen molar-refractivity contribution < 1.29 is 14.7 Å². The van der Waals surface area contributed by atoms with Crippen molar-refractivity contribution in [2.24, 2.45) is 0 Å². The fourth-order valence-corrected chi connectivity index (χ4v) is 4.70. The second-order valence-corrected chi connectivity index (χ2v) is 9.40. The fourth-order valence-electron chi connectivity index (χ4n) is 4.70. The van der Waals surface area contributed by atoms with Crippen LogP contribution in [0.15, 0.2) is 47.7 Å². The van der Waals surface area contributed by atoms with Gasteiger partial charge in [0.25, 0.3) is 0 Å². The minimum atomic E-state index is -1.00. The van der Waals surface area contributed by atoms with E-state index in [2.05, 4.69) is 10.2 Å². The lowest BCUT2D eigenvalue weighted by Gasteiger charge is -2.22. The lowest BCUT2D eigenvalue weighted by Crippen LogP contribution is -2.30. The van der Waals surface area contributed by atoms with Gasteiger partial charge in [0.2, 0.25) is 11.3 Å². The molecule has 2 amide bonds. The number of aromatic nitrogens is 4. The summed E-state index contributed by atoms with van der Waals surface area (Å²) < 4.78 is 3.41. The van der Waals surface area contributed by atoms with Crippen LogP contribution in [0.25, 0.3) is 5.69 Å². The van der Waals surface area contributed by atoms with Gasteiger partial charge in [0.1, 0.15) is 11.4 Å². The Kier molecular flexibility index (Phi) is 8.37. The van der Waals surface area contributed by atoms with Crippen LogP contribution in [-0.4, -0.2) is 61.2 Å². The molecule has 2 aromatic heterocycles. The predicted octanol–water partition coefficient (Wildman–Crippen LogP) is 3.63. The first kappa shape index (κ1) is 26.1. The third-order valence-electron chi connectivity index (χ3n) is 6.74. The summed E-state index contributed by atoms with van der Waals surface area (Å²) in [6.07, 6.45) is 8.52. The quantitative estimate of drug-likeness (QED) is 0.449. The second-order valence-electron chi connectivity index (χ2n) is 9.40. The molecule has 1 saturated heterocycles. The number of anilines is 1. The lowest BCUT2D eigenvalue weighted by molar-refractivity contribution is -0.130. The second kappa shape index (κ2) is 11.9. The number of likely N-dealkylation sites (tertiary alicyclic amines) is 1. The van der Waals surface area contributed by atoms with Crippen LogP contribution in [-0.2, 0) is 17.8 Å². The first-order valence-electron chi connectivity index (χ1n) is 12.9. The van der Waals surface area contributed by atoms with Gasteiger partial charge >= 0.3 is 6.09 Å². The Labute approximate surface area is 216 Å². The maximum atomic E-state index is 12.6. The van der Waals surface area contributed by atoms with Crippen molar-refractivity contribution in [1.29, 1.82) is 0 Å². The number of carbonyl (C=O) groups excluding carboxylic acids is 1. The molecule has 3 heterocycles. The van der Waals surface area contributed by atoms with Gasteiger partial charge in [0.15, 0.2) is 0 Å². The number of hydrogen-bond acceptors (Lipinski definition) is 5. The van der Waals surface area contributed by atoms with Crippen molar-refractivity contribution in [3.8, 4) is 5.69 Å². The Hall–Kier alpha value is -3.95. The fraction of sp³-hybridized carbons (Fsp3) is 0.444. The monoisotopic (exact) mass is 506 g/mol. The van der Waals surface area contributed by atoms with Gasteiger partial charge in [-0.05, 0) is 49.8 Å². The van der Waals surface area contributed by atoms with E-state index in [-0.39, 0.29) is 17.8 Å². The number of hydrogen-bond donors (Lipinski definition) is 1. The highest BCUT2D eigenvalue weighted by Gasteiger charge is 2.19. The minimum Gasteiger partial charge on any atom is -0.465 e. The summed E-state index contributed by atoms with van der Waals surface area (Å²) in [6.45, 7) is 6.55. The highest BCUT2D eigenvalue weighted by molar-refractivity contribution is 5.87. The lowest BCUT2D eigenvalue weighted by atomic mass is 10.0. The molecule has 0 spiro atoms. The molecule has 3 aromatic rings. The Morgan fingerprint density at radius 3 is 2.68 bits per heavy atom. The molecule has 0 saturated carbocycles. The van der Waals surface area contributed by atoms with Crippen molar-refractivity contribution in [1.82, 2.24) is 24.5 Å². The molecule has 0 radical (unpaired) electrons. The van der Waals surface area contributed by atoms with E-state index >= 15 is 0 Å². The van der Waals surface area contributed by atoms with Crippen LogP contribution in [0.2, 0.25) is 0 Å². The number of rotatable bonds is 10. The predicted molar refractivity (Wildman–Crippen MR) is 140 cm³/mol. The Morgan fingerprint density at radius 1 is 1.16 bits per heavy atom. The van der Waals surface area contributed by atoms with E-state index in [0.717, 1.165) is 42.7 Å². The van der Waals surface area contributed by atoms with E-state index in [1.165, 1.54) is 11.0 Å². The van der Waals surface area contributed by atoms with Crippen LogP contribution in [0.5, 0.6) is 0 Å². The summed E-state index contributed by atoms with van der Waals surface area (Å²) >= 11 is 0. The van der Waals surface area contributed by atoms with E-state index in [1.54, 1.807) is 27.8 Å². The molecule has 37 heavy (non-hydrogen) atoms. The zero-order valence-corrected chi connectivity index (χ0v) is 21.5. The molecule has 0 atom stereocenters. The summed E-state index contributed by atoms with van der Waals surface area (Å²) in [5.74, 6) is 0.206. The van der Waals surface area contributed by atoms with E-state index in [0.29, 0.717) is 43.7 Å². The SMILES string of the molecule is CCCN(C(=O)O)c1cccc(Cc2nn(-c3cnn(CCCC(=O)N4CCCC4)c3)ccc2=O)c1C. The summed E-state index contributed by atoms with van der Waals surface area (Å²) in [5.41, 5.74) is 3.18. The van der Waals surface area contributed by atoms with Crippen molar-refractivity contribution in [2.45, 2.75) is 58.9 Å². The van der Waals surface area contributed by atoms with Gasteiger partial charge in [-0.1, -0.05) is 19.1 Å². The summed E-state index contributed by atoms with van der Waals surface area (Å²) in [4.78, 5) is 39.9. The Bertz CT molecular complexity index is 1310. The third kappa shape index (κ3) is 6.25. The van der Waals surface area contributed by atoms with Crippen LogP contribution in [0.3, 0.4) is 0 Å². The molecule has 10 heteroatoms. The molecule has 1 aliphatic heterocycles. The number of aryl methyl sites for hydroxylation is 1. The van der Waals surface area contributed by atoms with E-state index in [9.17, 15) is 19.5 Å². The molecule has 1 aromatic carbocycles. The van der Waals surface area contributed by atoms with Gasteiger partial charge < -0.3 is 10.0 Å². The first-order valence-corrected chi connectivity index (χ1v) is 12.9. The van der Waals surface area contributed by atoms with Crippen LogP contribution >= 0.6 is 0 Å². The highest BCUT2D eigenvalue weighted by atomic mass is 16.4. The molecular weight excluding hydrogens is 472 g/mol. The number of benzene rings is 1. The van der Waals surface area contributed by atoms with Gasteiger partial charge in [-0.25, -0.2) is 9.48 Å². The smallest absolute Gasteiger partial charge is 0.411 e. The summed E-state index contributed by atoms with van der Waals surface area (Å²) in [7, 11) is 0. The Balaban J connectivity index is 1.46. The van der Waals surface area contributed by atoms with Crippen molar-refractivity contribution >= 4 is 17.7 Å². The zero-order chi connectivity index (χ0) is 26.4. The van der Waals surface area contributed by atoms with Crippen molar-refractivity contribution in [2.75, 3.05) is 24.5 Å². The minimum absolute atomic E-state index is 0.183. The number of carbonyl (C=O) groups is 2. The average molecular weight is 507 g/mol. The van der Waals surface area contributed by atoms with Crippen molar-refractivity contribution in [3.63, 3.8) is 0 Å². The maximum absolute atomic E-state index is 12.6. The number of amides is 2.